The lowest BCUT2D eigenvalue weighted by atomic mass is 10.1. The number of nitriles is 1. The maximum Gasteiger partial charge on any atom is 0.573 e. The Balaban J connectivity index is 0.00000341. The summed E-state index contributed by atoms with van der Waals surface area (Å²) in [6, 6.07) is 5.38. The van der Waals surface area contributed by atoms with E-state index >= 15 is 0 Å². The Morgan fingerprint density at radius 2 is 2.07 bits per heavy atom. The van der Waals surface area contributed by atoms with E-state index in [1.165, 1.54) is 24.5 Å². The third-order valence-electron chi connectivity index (χ3n) is 4.18. The monoisotopic (exact) mass is 423 g/mol. The van der Waals surface area contributed by atoms with E-state index in [1.807, 2.05) is 0 Å². The van der Waals surface area contributed by atoms with E-state index < -0.39 is 12.1 Å². The van der Waals surface area contributed by atoms with Crippen molar-refractivity contribution in [3.63, 3.8) is 0 Å². The highest BCUT2D eigenvalue weighted by molar-refractivity contribution is 5.93. The zero-order chi connectivity index (χ0) is 21.6. The lowest BCUT2D eigenvalue weighted by Crippen LogP contribution is -2.32. The largest absolute Gasteiger partial charge is 0.573 e. The van der Waals surface area contributed by atoms with Crippen LogP contribution in [0.1, 0.15) is 35.8 Å². The number of aromatic nitrogens is 2. The number of benzene rings is 1. The van der Waals surface area contributed by atoms with Gasteiger partial charge < -0.3 is 19.7 Å². The van der Waals surface area contributed by atoms with Gasteiger partial charge in [0.25, 0.3) is 5.91 Å². The van der Waals surface area contributed by atoms with E-state index in [9.17, 15) is 18.0 Å². The van der Waals surface area contributed by atoms with Crippen LogP contribution in [0, 0.1) is 11.3 Å². The normalized spacial score (nSPS) is 14.5. The quantitative estimate of drug-likeness (QED) is 0.787. The Morgan fingerprint density at radius 1 is 1.30 bits per heavy atom. The number of hydrogen-bond donors (Lipinski definition) is 1. The average molecular weight is 423 g/mol. The summed E-state index contributed by atoms with van der Waals surface area (Å²) in [5.41, 5.74) is 0.701. The lowest BCUT2D eigenvalue weighted by Gasteiger charge is -2.19. The molecule has 2 aromatic rings. The fourth-order valence-electron chi connectivity index (χ4n) is 2.82. The van der Waals surface area contributed by atoms with E-state index in [4.69, 9.17) is 10.00 Å². The van der Waals surface area contributed by atoms with Gasteiger partial charge in [-0.25, -0.2) is 9.97 Å². The molecule has 1 N–H and O–H groups in total. The third kappa shape index (κ3) is 6.05. The van der Waals surface area contributed by atoms with Crippen LogP contribution < -0.4 is 10.1 Å². The molecule has 0 bridgehead atoms. The van der Waals surface area contributed by atoms with Gasteiger partial charge in [-0.15, -0.1) is 13.2 Å². The molecule has 1 aliphatic rings. The van der Waals surface area contributed by atoms with Gasteiger partial charge in [0.15, 0.2) is 0 Å². The van der Waals surface area contributed by atoms with Gasteiger partial charge in [-0.3, -0.25) is 4.79 Å². The van der Waals surface area contributed by atoms with Crippen molar-refractivity contribution in [3.8, 4) is 11.8 Å². The number of nitrogens with zero attached hydrogens (tertiary/aromatic N) is 4. The van der Waals surface area contributed by atoms with Gasteiger partial charge in [0.05, 0.1) is 17.2 Å². The smallest absolute Gasteiger partial charge is 0.406 e. The Kier molecular flexibility index (Phi) is 6.68. The van der Waals surface area contributed by atoms with Gasteiger partial charge in [0.2, 0.25) is 5.95 Å². The Bertz CT molecular complexity index is 927. The van der Waals surface area contributed by atoms with Crippen molar-refractivity contribution in [2.75, 3.05) is 25.2 Å². The van der Waals surface area contributed by atoms with Crippen LogP contribution >= 0.6 is 0 Å². The van der Waals surface area contributed by atoms with Crippen LogP contribution in [0.3, 0.4) is 0 Å². The van der Waals surface area contributed by atoms with E-state index in [0.29, 0.717) is 24.3 Å². The molecule has 1 amide bonds. The number of nitrogens with one attached hydrogen (secondary N) is 1. The highest BCUT2D eigenvalue weighted by atomic mass is 19.4. The van der Waals surface area contributed by atoms with Crippen molar-refractivity contribution < 1.29 is 28.9 Å². The zero-order valence-electron chi connectivity index (χ0n) is 15.8. The molecule has 0 unspecified atom stereocenters. The van der Waals surface area contributed by atoms with Crippen LogP contribution in [0.2, 0.25) is 0 Å². The molecule has 11 heteroatoms. The molecule has 1 aliphatic heterocycles. The highest BCUT2D eigenvalue weighted by Crippen LogP contribution is 2.25. The van der Waals surface area contributed by atoms with Crippen molar-refractivity contribution in [2.24, 2.45) is 0 Å². The Morgan fingerprint density at radius 3 is 2.77 bits per heavy atom. The number of carbonyl (C=O) groups excluding carboxylic acids is 1. The molecule has 0 aliphatic carbocycles. The third-order valence-corrected chi connectivity index (χ3v) is 4.18. The number of rotatable bonds is 5. The SMILES string of the molecule is N#Cc1cc(CNc2ncc(C(=O)N3CCCCOC3)cn2)cc(OC(F)(F)F)c1.[HH]. The summed E-state index contributed by atoms with van der Waals surface area (Å²) in [5.74, 6) is -0.543. The topological polar surface area (TPSA) is 100 Å². The number of carbonyl (C=O) groups is 1. The maximum absolute atomic E-state index is 12.5. The molecule has 1 saturated heterocycles. The van der Waals surface area contributed by atoms with Gasteiger partial charge in [0.1, 0.15) is 12.5 Å². The molecule has 1 fully saturated rings. The lowest BCUT2D eigenvalue weighted by molar-refractivity contribution is -0.274. The number of ether oxygens (including phenoxy) is 2. The molecule has 0 spiro atoms. The highest BCUT2D eigenvalue weighted by Gasteiger charge is 2.31. The van der Waals surface area contributed by atoms with Crippen LogP contribution in [0.25, 0.3) is 0 Å². The van der Waals surface area contributed by atoms with Crippen molar-refractivity contribution in [1.82, 2.24) is 14.9 Å². The Hall–Kier alpha value is -3.39. The van der Waals surface area contributed by atoms with Gasteiger partial charge in [-0.2, -0.15) is 5.26 Å². The first-order chi connectivity index (χ1) is 14.3. The first kappa shape index (κ1) is 21.3. The van der Waals surface area contributed by atoms with Crippen molar-refractivity contribution in [3.05, 3.63) is 47.3 Å². The molecule has 0 radical (unpaired) electrons. The van der Waals surface area contributed by atoms with Crippen molar-refractivity contribution >= 4 is 11.9 Å². The summed E-state index contributed by atoms with van der Waals surface area (Å²) in [7, 11) is 0. The summed E-state index contributed by atoms with van der Waals surface area (Å²) in [5, 5.41) is 11.8. The fourth-order valence-corrected chi connectivity index (χ4v) is 2.82. The van der Waals surface area contributed by atoms with E-state index in [-0.39, 0.29) is 32.1 Å². The number of amides is 1. The van der Waals surface area contributed by atoms with Crippen LogP contribution in [-0.2, 0) is 11.3 Å². The average Bonchev–Trinajstić information content (AvgIpc) is 3.00. The van der Waals surface area contributed by atoms with Gasteiger partial charge in [-0.05, 0) is 36.6 Å². The summed E-state index contributed by atoms with van der Waals surface area (Å²) in [6.07, 6.45) is -0.374. The van der Waals surface area contributed by atoms with Crippen LogP contribution in [0.4, 0.5) is 19.1 Å². The van der Waals surface area contributed by atoms with Crippen LogP contribution in [-0.4, -0.2) is 47.0 Å². The van der Waals surface area contributed by atoms with Crippen LogP contribution in [0.5, 0.6) is 5.75 Å². The molecule has 0 atom stereocenters. The standard InChI is InChI=1S/C19H18F3N5O3.H2/c20-19(21,22)30-16-6-13(8-23)5-14(7-16)9-24-18-25-10-15(11-26-18)17(28)27-3-1-2-4-29-12-27;/h5-7,10-11H,1-4,9,12H2,(H,24,25,26);1H. The van der Waals surface area contributed by atoms with E-state index in [0.717, 1.165) is 18.9 Å². The molecule has 30 heavy (non-hydrogen) atoms. The Labute approximate surface area is 171 Å². The van der Waals surface area contributed by atoms with Gasteiger partial charge in [-0.1, -0.05) is 0 Å². The van der Waals surface area contributed by atoms with Crippen LogP contribution in [0.15, 0.2) is 30.6 Å². The molecular formula is C19H20F3N5O3. The van der Waals surface area contributed by atoms with Gasteiger partial charge in [0, 0.05) is 33.5 Å². The molecule has 1 aromatic carbocycles. The van der Waals surface area contributed by atoms with Crippen molar-refractivity contribution in [1.29, 1.82) is 5.26 Å². The summed E-state index contributed by atoms with van der Waals surface area (Å²) >= 11 is 0. The number of halogens is 3. The minimum Gasteiger partial charge on any atom is -0.406 e. The summed E-state index contributed by atoms with van der Waals surface area (Å²) < 4.78 is 46.6. The molecule has 1 aromatic heterocycles. The number of hydrogen-bond acceptors (Lipinski definition) is 7. The predicted molar refractivity (Wildman–Crippen MR) is 100 cm³/mol. The first-order valence-corrected chi connectivity index (χ1v) is 9.07. The first-order valence-electron chi connectivity index (χ1n) is 9.07. The van der Waals surface area contributed by atoms with Gasteiger partial charge >= 0.3 is 6.36 Å². The zero-order valence-corrected chi connectivity index (χ0v) is 15.8. The minimum absolute atomic E-state index is 0. The summed E-state index contributed by atoms with van der Waals surface area (Å²) in [6.45, 7) is 1.48. The molecular weight excluding hydrogens is 403 g/mol. The fraction of sp³-hybridized carbons (Fsp3) is 0.368. The molecule has 3 rings (SSSR count). The molecule has 0 saturated carbocycles. The summed E-state index contributed by atoms with van der Waals surface area (Å²) in [4.78, 5) is 22.2. The van der Waals surface area contributed by atoms with E-state index in [2.05, 4.69) is 20.0 Å². The molecule has 160 valence electrons. The minimum atomic E-state index is -4.86. The second kappa shape index (κ2) is 9.41. The number of anilines is 1. The second-order valence-electron chi connectivity index (χ2n) is 6.49. The van der Waals surface area contributed by atoms with E-state index in [1.54, 1.807) is 11.0 Å². The number of alkyl halides is 3. The maximum atomic E-state index is 12.5. The van der Waals surface area contributed by atoms with Crippen molar-refractivity contribution in [2.45, 2.75) is 25.7 Å². The molecule has 2 heterocycles. The molecule has 8 nitrogen and oxygen atoms in total. The predicted octanol–water partition coefficient (Wildman–Crippen LogP) is 3.32. The second-order valence-corrected chi connectivity index (χ2v) is 6.49.